The maximum Gasteiger partial charge on any atom is 0.328 e. The highest BCUT2D eigenvalue weighted by molar-refractivity contribution is 5.85. The summed E-state index contributed by atoms with van der Waals surface area (Å²) in [6.07, 6.45) is 5.77. The molecule has 9 nitrogen and oxygen atoms in total. The van der Waals surface area contributed by atoms with Crippen LogP contribution in [0.25, 0.3) is 0 Å². The summed E-state index contributed by atoms with van der Waals surface area (Å²) >= 11 is 0. The highest BCUT2D eigenvalue weighted by Crippen LogP contribution is 2.20. The second-order valence-corrected chi connectivity index (χ2v) is 9.96. The van der Waals surface area contributed by atoms with Gasteiger partial charge in [-0.05, 0) is 50.4 Å². The van der Waals surface area contributed by atoms with Crippen molar-refractivity contribution in [3.05, 3.63) is 0 Å². The number of carbonyl (C=O) groups excluding carboxylic acids is 4. The van der Waals surface area contributed by atoms with Crippen LogP contribution in [0.2, 0.25) is 0 Å². The van der Waals surface area contributed by atoms with Crippen LogP contribution in [0.4, 0.5) is 0 Å². The first kappa shape index (κ1) is 29.9. The van der Waals surface area contributed by atoms with Crippen LogP contribution >= 0.6 is 0 Å². The molecule has 2 atom stereocenters. The molecule has 1 saturated carbocycles. The molecular formula is C25H44N2O7. The smallest absolute Gasteiger partial charge is 0.328 e. The third kappa shape index (κ3) is 13.5. The van der Waals surface area contributed by atoms with Gasteiger partial charge in [-0.25, -0.2) is 4.79 Å². The van der Waals surface area contributed by atoms with Crippen LogP contribution in [-0.4, -0.2) is 55.2 Å². The summed E-state index contributed by atoms with van der Waals surface area (Å²) in [4.78, 5) is 49.3. The summed E-state index contributed by atoms with van der Waals surface area (Å²) in [6.45, 7) is 8.26. The summed E-state index contributed by atoms with van der Waals surface area (Å²) in [5.41, 5.74) is 5.83. The number of hydrogen-bond acceptors (Lipinski definition) is 8. The SMILES string of the molecule is CC(C)COC(=O)CCC(NC(=O)CCC(N)C(=O)OCC(C)C)C(=O)OC1CCCCCC1. The molecule has 1 aliphatic rings. The molecule has 0 radical (unpaired) electrons. The molecule has 0 saturated heterocycles. The number of esters is 3. The summed E-state index contributed by atoms with van der Waals surface area (Å²) in [5.74, 6) is -1.57. The van der Waals surface area contributed by atoms with Crippen molar-refractivity contribution in [2.75, 3.05) is 13.2 Å². The first-order chi connectivity index (χ1) is 16.1. The van der Waals surface area contributed by atoms with Crippen LogP contribution in [0.15, 0.2) is 0 Å². The summed E-state index contributed by atoms with van der Waals surface area (Å²) in [6, 6.07) is -1.89. The van der Waals surface area contributed by atoms with Gasteiger partial charge in [-0.3, -0.25) is 14.4 Å². The van der Waals surface area contributed by atoms with Crippen molar-refractivity contribution in [1.82, 2.24) is 5.32 Å². The standard InChI is InChI=1S/C25H44N2O7/c1-17(2)15-32-23(29)14-12-21(25(31)34-19-9-7-5-6-8-10-19)27-22(28)13-11-20(26)24(30)33-16-18(3)4/h17-21H,5-16,26H2,1-4H3,(H,27,28). The lowest BCUT2D eigenvalue weighted by Gasteiger charge is -2.22. The average Bonchev–Trinajstić information content (AvgIpc) is 3.05. The summed E-state index contributed by atoms with van der Waals surface area (Å²) in [7, 11) is 0. The van der Waals surface area contributed by atoms with Crippen molar-refractivity contribution in [2.24, 2.45) is 17.6 Å². The molecule has 0 aromatic rings. The number of carbonyl (C=O) groups is 4. The van der Waals surface area contributed by atoms with Crippen LogP contribution in [-0.2, 0) is 33.4 Å². The van der Waals surface area contributed by atoms with Crippen LogP contribution < -0.4 is 11.1 Å². The summed E-state index contributed by atoms with van der Waals surface area (Å²) in [5, 5.41) is 2.66. The number of ether oxygens (including phenoxy) is 3. The Balaban J connectivity index is 2.63. The van der Waals surface area contributed by atoms with Crippen molar-refractivity contribution in [2.45, 2.75) is 110 Å². The van der Waals surface area contributed by atoms with E-state index in [-0.39, 0.29) is 50.2 Å². The molecule has 196 valence electrons. The fraction of sp³-hybridized carbons (Fsp3) is 0.840. The van der Waals surface area contributed by atoms with Crippen LogP contribution in [0, 0.1) is 11.8 Å². The van der Waals surface area contributed by atoms with Gasteiger partial charge >= 0.3 is 17.9 Å². The Hall–Kier alpha value is -2.16. The Morgan fingerprint density at radius 3 is 2.00 bits per heavy atom. The lowest BCUT2D eigenvalue weighted by molar-refractivity contribution is -0.154. The third-order valence-electron chi connectivity index (χ3n) is 5.46. The van der Waals surface area contributed by atoms with E-state index < -0.39 is 35.9 Å². The van der Waals surface area contributed by atoms with Crippen LogP contribution in [0.5, 0.6) is 0 Å². The maximum absolute atomic E-state index is 12.8. The Bertz CT molecular complexity index is 643. The average molecular weight is 485 g/mol. The van der Waals surface area contributed by atoms with Crippen LogP contribution in [0.3, 0.4) is 0 Å². The minimum atomic E-state index is -0.966. The molecule has 9 heteroatoms. The maximum atomic E-state index is 12.8. The normalized spacial score (nSPS) is 16.4. The van der Waals surface area contributed by atoms with Gasteiger partial charge in [-0.2, -0.15) is 0 Å². The molecule has 0 heterocycles. The van der Waals surface area contributed by atoms with E-state index >= 15 is 0 Å². The van der Waals surface area contributed by atoms with E-state index in [1.807, 2.05) is 27.7 Å². The zero-order chi connectivity index (χ0) is 25.5. The quantitative estimate of drug-likeness (QED) is 0.218. The lowest BCUT2D eigenvalue weighted by Crippen LogP contribution is -2.44. The van der Waals surface area contributed by atoms with Gasteiger partial charge in [-0.15, -0.1) is 0 Å². The first-order valence-electron chi connectivity index (χ1n) is 12.7. The number of rotatable bonds is 14. The second kappa shape index (κ2) is 16.5. The lowest BCUT2D eigenvalue weighted by atomic mass is 10.1. The molecule has 1 amide bonds. The highest BCUT2D eigenvalue weighted by atomic mass is 16.5. The van der Waals surface area contributed by atoms with E-state index in [1.54, 1.807) is 0 Å². The third-order valence-corrected chi connectivity index (χ3v) is 5.46. The molecule has 1 aliphatic carbocycles. The van der Waals surface area contributed by atoms with E-state index in [0.29, 0.717) is 6.61 Å². The van der Waals surface area contributed by atoms with Gasteiger partial charge in [0.2, 0.25) is 5.91 Å². The first-order valence-corrected chi connectivity index (χ1v) is 12.7. The van der Waals surface area contributed by atoms with Crippen molar-refractivity contribution >= 4 is 23.8 Å². The second-order valence-electron chi connectivity index (χ2n) is 9.96. The van der Waals surface area contributed by atoms with E-state index in [2.05, 4.69) is 5.32 Å². The fourth-order valence-corrected chi connectivity index (χ4v) is 3.48. The van der Waals surface area contributed by atoms with E-state index in [4.69, 9.17) is 19.9 Å². The highest BCUT2D eigenvalue weighted by Gasteiger charge is 2.27. The Labute approximate surface area is 203 Å². The van der Waals surface area contributed by atoms with Crippen molar-refractivity contribution < 1.29 is 33.4 Å². The molecule has 0 aliphatic heterocycles. The molecule has 0 aromatic heterocycles. The Kier molecular flexibility index (Phi) is 14.5. The molecule has 1 rings (SSSR count). The number of amides is 1. The number of hydrogen-bond donors (Lipinski definition) is 2. The molecule has 34 heavy (non-hydrogen) atoms. The van der Waals surface area contributed by atoms with Gasteiger partial charge < -0.3 is 25.3 Å². The molecule has 1 fully saturated rings. The van der Waals surface area contributed by atoms with E-state index in [1.165, 1.54) is 0 Å². The van der Waals surface area contributed by atoms with Gasteiger partial charge in [0.05, 0.1) is 13.2 Å². The Morgan fingerprint density at radius 2 is 1.41 bits per heavy atom. The molecule has 3 N–H and O–H groups in total. The van der Waals surface area contributed by atoms with E-state index in [9.17, 15) is 19.2 Å². The topological polar surface area (TPSA) is 134 Å². The van der Waals surface area contributed by atoms with Crippen molar-refractivity contribution in [1.29, 1.82) is 0 Å². The van der Waals surface area contributed by atoms with Gasteiger partial charge in [0.25, 0.3) is 0 Å². The molecule has 0 spiro atoms. The monoisotopic (exact) mass is 484 g/mol. The van der Waals surface area contributed by atoms with Gasteiger partial charge in [-0.1, -0.05) is 40.5 Å². The predicted molar refractivity (Wildman–Crippen MR) is 128 cm³/mol. The largest absolute Gasteiger partial charge is 0.465 e. The minimum absolute atomic E-state index is 0.0154. The molecular weight excluding hydrogens is 440 g/mol. The minimum Gasteiger partial charge on any atom is -0.465 e. The molecule has 0 aromatic carbocycles. The van der Waals surface area contributed by atoms with E-state index in [0.717, 1.165) is 38.5 Å². The van der Waals surface area contributed by atoms with Crippen molar-refractivity contribution in [3.8, 4) is 0 Å². The number of nitrogens with one attached hydrogen (secondary N) is 1. The van der Waals surface area contributed by atoms with Gasteiger partial charge in [0.1, 0.15) is 18.2 Å². The predicted octanol–water partition coefficient (Wildman–Crippen LogP) is 3.02. The summed E-state index contributed by atoms with van der Waals surface area (Å²) < 4.78 is 16.0. The molecule has 2 unspecified atom stereocenters. The van der Waals surface area contributed by atoms with Gasteiger partial charge in [0.15, 0.2) is 0 Å². The molecule has 0 bridgehead atoms. The zero-order valence-electron chi connectivity index (χ0n) is 21.3. The van der Waals surface area contributed by atoms with Crippen molar-refractivity contribution in [3.63, 3.8) is 0 Å². The number of nitrogens with two attached hydrogens (primary N) is 1. The van der Waals surface area contributed by atoms with Crippen LogP contribution in [0.1, 0.15) is 91.9 Å². The van der Waals surface area contributed by atoms with Gasteiger partial charge in [0, 0.05) is 12.8 Å². The zero-order valence-corrected chi connectivity index (χ0v) is 21.3. The Morgan fingerprint density at radius 1 is 0.824 bits per heavy atom. The fourth-order valence-electron chi connectivity index (χ4n) is 3.48.